The van der Waals surface area contributed by atoms with Crippen molar-refractivity contribution < 1.29 is 15.0 Å². The van der Waals surface area contributed by atoms with Gasteiger partial charge < -0.3 is 15.5 Å². The van der Waals surface area contributed by atoms with Gasteiger partial charge in [-0.25, -0.2) is 0 Å². The lowest BCUT2D eigenvalue weighted by molar-refractivity contribution is -0.123. The van der Waals surface area contributed by atoms with E-state index in [1.54, 1.807) is 6.08 Å². The monoisotopic (exact) mass is 858 g/mol. The van der Waals surface area contributed by atoms with Gasteiger partial charge in [-0.2, -0.15) is 0 Å². The molecule has 0 fully saturated rings. The van der Waals surface area contributed by atoms with Crippen LogP contribution in [0.5, 0.6) is 0 Å². The van der Waals surface area contributed by atoms with Gasteiger partial charge in [0, 0.05) is 6.42 Å². The van der Waals surface area contributed by atoms with E-state index >= 15 is 0 Å². The highest BCUT2D eigenvalue weighted by molar-refractivity contribution is 5.76. The van der Waals surface area contributed by atoms with Crippen LogP contribution in [0.2, 0.25) is 0 Å². The van der Waals surface area contributed by atoms with Crippen LogP contribution in [0.15, 0.2) is 109 Å². The lowest BCUT2D eigenvalue weighted by Gasteiger charge is -2.20. The van der Waals surface area contributed by atoms with Crippen molar-refractivity contribution in [1.29, 1.82) is 0 Å². The van der Waals surface area contributed by atoms with Crippen LogP contribution < -0.4 is 5.32 Å². The fourth-order valence-corrected chi connectivity index (χ4v) is 7.31. The average Bonchev–Trinajstić information content (AvgIpc) is 3.28. The Bertz CT molecular complexity index is 1200. The predicted molar refractivity (Wildman–Crippen MR) is 276 cm³/mol. The highest BCUT2D eigenvalue weighted by Gasteiger charge is 2.18. The number of aliphatic hydroxyl groups excluding tert-OH is 2. The van der Waals surface area contributed by atoms with E-state index in [1.165, 1.54) is 122 Å². The first kappa shape index (κ1) is 59.0. The molecule has 0 aliphatic heterocycles. The van der Waals surface area contributed by atoms with Crippen molar-refractivity contribution in [1.82, 2.24) is 5.32 Å². The summed E-state index contributed by atoms with van der Waals surface area (Å²) in [7, 11) is 0. The molecule has 0 rings (SSSR count). The molecule has 3 N–H and O–H groups in total. The SMILES string of the molecule is CC/C=C\C/C=C\C/C=C\C/C=C\C/C=C\C/C=C\C/C=C\C/C=C\CCCCCCCCCCC(=O)NC(CO)C(O)/C=C/CCCCCCCCCCCCCCCCC. The van der Waals surface area contributed by atoms with Crippen LogP contribution in [0.3, 0.4) is 0 Å². The number of hydrogen-bond acceptors (Lipinski definition) is 3. The van der Waals surface area contributed by atoms with Crippen molar-refractivity contribution in [2.45, 2.75) is 244 Å². The number of amides is 1. The molecule has 4 heteroatoms. The van der Waals surface area contributed by atoms with Gasteiger partial charge in [0.05, 0.1) is 18.8 Å². The van der Waals surface area contributed by atoms with Crippen LogP contribution >= 0.6 is 0 Å². The van der Waals surface area contributed by atoms with Gasteiger partial charge in [-0.1, -0.05) is 252 Å². The second-order valence-electron chi connectivity index (χ2n) is 17.2. The second kappa shape index (κ2) is 52.4. The summed E-state index contributed by atoms with van der Waals surface area (Å²) in [5.41, 5.74) is 0. The van der Waals surface area contributed by atoms with Crippen molar-refractivity contribution in [2.24, 2.45) is 0 Å². The zero-order valence-electron chi connectivity index (χ0n) is 40.6. The first-order valence-electron chi connectivity index (χ1n) is 26.1. The molecule has 2 atom stereocenters. The van der Waals surface area contributed by atoms with Gasteiger partial charge >= 0.3 is 0 Å². The number of aliphatic hydroxyl groups is 2. The minimum absolute atomic E-state index is 0.0765. The summed E-state index contributed by atoms with van der Waals surface area (Å²) in [6, 6.07) is -0.634. The van der Waals surface area contributed by atoms with Crippen LogP contribution in [0.1, 0.15) is 232 Å². The first-order valence-corrected chi connectivity index (χ1v) is 26.1. The predicted octanol–water partition coefficient (Wildman–Crippen LogP) is 17.1. The van der Waals surface area contributed by atoms with Crippen molar-refractivity contribution in [3.05, 3.63) is 109 Å². The van der Waals surface area contributed by atoms with Crippen molar-refractivity contribution in [3.8, 4) is 0 Å². The van der Waals surface area contributed by atoms with Crippen LogP contribution in [-0.4, -0.2) is 34.9 Å². The minimum Gasteiger partial charge on any atom is -0.394 e. The summed E-state index contributed by atoms with van der Waals surface area (Å²) in [5, 5.41) is 23.1. The van der Waals surface area contributed by atoms with Crippen molar-refractivity contribution >= 4 is 5.91 Å². The number of rotatable bonds is 46. The van der Waals surface area contributed by atoms with E-state index in [2.05, 4.69) is 116 Å². The largest absolute Gasteiger partial charge is 0.394 e. The third-order valence-electron chi connectivity index (χ3n) is 11.3. The number of unbranched alkanes of at least 4 members (excludes halogenated alkanes) is 23. The van der Waals surface area contributed by atoms with E-state index in [0.29, 0.717) is 6.42 Å². The third-order valence-corrected chi connectivity index (χ3v) is 11.3. The molecule has 2 unspecified atom stereocenters. The number of carbonyl (C=O) groups excluding carboxylic acids is 1. The zero-order valence-corrected chi connectivity index (χ0v) is 40.6. The maximum absolute atomic E-state index is 12.4. The molecule has 0 aliphatic carbocycles. The van der Waals surface area contributed by atoms with Crippen LogP contribution in [0.25, 0.3) is 0 Å². The molecule has 0 aromatic carbocycles. The molecule has 0 saturated heterocycles. The molecular weight excluding hydrogens is 759 g/mol. The van der Waals surface area contributed by atoms with Gasteiger partial charge in [0.25, 0.3) is 0 Å². The Balaban J connectivity index is 3.63. The zero-order chi connectivity index (χ0) is 44.9. The summed E-state index contributed by atoms with van der Waals surface area (Å²) in [5.74, 6) is -0.0765. The van der Waals surface area contributed by atoms with E-state index in [1.807, 2.05) is 6.08 Å². The molecule has 0 heterocycles. The van der Waals surface area contributed by atoms with Crippen LogP contribution in [0.4, 0.5) is 0 Å². The third kappa shape index (κ3) is 48.1. The van der Waals surface area contributed by atoms with E-state index < -0.39 is 12.1 Å². The summed E-state index contributed by atoms with van der Waals surface area (Å²) < 4.78 is 0. The highest BCUT2D eigenvalue weighted by Crippen LogP contribution is 2.15. The van der Waals surface area contributed by atoms with Gasteiger partial charge in [-0.15, -0.1) is 0 Å². The number of nitrogens with one attached hydrogen (secondary N) is 1. The topological polar surface area (TPSA) is 69.6 Å². The van der Waals surface area contributed by atoms with E-state index in [0.717, 1.165) is 89.9 Å². The Morgan fingerprint density at radius 2 is 0.710 bits per heavy atom. The summed E-state index contributed by atoms with van der Waals surface area (Å²) >= 11 is 0. The molecule has 0 radical (unpaired) electrons. The van der Waals surface area contributed by atoms with Crippen molar-refractivity contribution in [3.63, 3.8) is 0 Å². The molecule has 0 aromatic heterocycles. The summed E-state index contributed by atoms with van der Waals surface area (Å²) in [6.07, 6.45) is 79.3. The number of allylic oxidation sites excluding steroid dienone is 17. The van der Waals surface area contributed by atoms with Crippen molar-refractivity contribution in [2.75, 3.05) is 6.61 Å². The first-order chi connectivity index (χ1) is 30.7. The minimum atomic E-state index is -0.850. The van der Waals surface area contributed by atoms with Gasteiger partial charge in [-0.05, 0) is 83.5 Å². The highest BCUT2D eigenvalue weighted by atomic mass is 16.3. The average molecular weight is 858 g/mol. The fraction of sp³-hybridized carbons (Fsp3) is 0.672. The standard InChI is InChI=1S/C58H99NO3/c1-3-5-7-9-11-13-15-17-19-21-22-23-24-25-26-27-28-29-30-31-32-33-34-35-36-38-40-42-44-46-48-50-52-54-58(62)59-56(55-60)57(61)53-51-49-47-45-43-41-39-37-20-18-16-14-12-10-8-6-4-2/h5,7,11,13,17,19,22-23,25-26,28-29,31-32,34-35,51,53,56-57,60-61H,3-4,6,8-10,12,14-16,18,20-21,24,27,30,33,36-50,52,54-55H2,1-2H3,(H,59,62)/b7-5-,13-11-,19-17-,23-22-,26-25-,29-28-,32-31-,35-34-,53-51+. The molecule has 0 aromatic rings. The number of carbonyl (C=O) groups is 1. The van der Waals surface area contributed by atoms with E-state index in [-0.39, 0.29) is 12.5 Å². The molecule has 0 saturated carbocycles. The Morgan fingerprint density at radius 1 is 0.403 bits per heavy atom. The van der Waals surface area contributed by atoms with E-state index in [4.69, 9.17) is 0 Å². The maximum Gasteiger partial charge on any atom is 0.220 e. The second-order valence-corrected chi connectivity index (χ2v) is 17.2. The van der Waals surface area contributed by atoms with Crippen LogP contribution in [0, 0.1) is 0 Å². The summed E-state index contributed by atoms with van der Waals surface area (Å²) in [6.45, 7) is 4.19. The lowest BCUT2D eigenvalue weighted by atomic mass is 10.0. The lowest BCUT2D eigenvalue weighted by Crippen LogP contribution is -2.45. The Hall–Kier alpha value is -2.95. The van der Waals surface area contributed by atoms with Gasteiger partial charge in [-0.3, -0.25) is 4.79 Å². The fourth-order valence-electron chi connectivity index (χ4n) is 7.31. The van der Waals surface area contributed by atoms with Gasteiger partial charge in [0.2, 0.25) is 5.91 Å². The smallest absolute Gasteiger partial charge is 0.220 e. The molecule has 0 aliphatic rings. The maximum atomic E-state index is 12.4. The normalized spacial score (nSPS) is 13.8. The van der Waals surface area contributed by atoms with E-state index in [9.17, 15) is 15.0 Å². The number of hydrogen-bond donors (Lipinski definition) is 3. The Morgan fingerprint density at radius 3 is 1.06 bits per heavy atom. The Kier molecular flexibility index (Phi) is 49.9. The molecule has 4 nitrogen and oxygen atoms in total. The molecule has 62 heavy (non-hydrogen) atoms. The molecule has 0 bridgehead atoms. The van der Waals surface area contributed by atoms with Gasteiger partial charge in [0.15, 0.2) is 0 Å². The van der Waals surface area contributed by atoms with Crippen LogP contribution in [-0.2, 0) is 4.79 Å². The quantitative estimate of drug-likeness (QED) is 0.0422. The molecular formula is C58H99NO3. The van der Waals surface area contributed by atoms with Gasteiger partial charge in [0.1, 0.15) is 0 Å². The molecule has 354 valence electrons. The summed E-state index contributed by atoms with van der Waals surface area (Å²) in [4.78, 5) is 12.4. The molecule has 1 amide bonds. The molecule has 0 spiro atoms. The Labute approximate surface area is 385 Å².